The molecule has 2 rings (SSSR count). The second-order valence-electron chi connectivity index (χ2n) is 3.19. The largest absolute Gasteiger partial charge is 0.379 e. The normalized spacial score (nSPS) is 33.5. The third kappa shape index (κ3) is 1.95. The van der Waals surface area contributed by atoms with Gasteiger partial charge in [-0.15, -0.1) is 0 Å². The predicted molar refractivity (Wildman–Crippen MR) is 45.0 cm³/mol. The Morgan fingerprint density at radius 1 is 1.08 bits per heavy atom. The molecular formula is C8H16N2O2. The number of ether oxygens (including phenoxy) is 2. The molecule has 4 nitrogen and oxygen atoms in total. The molecule has 0 spiro atoms. The molecule has 2 aliphatic heterocycles. The van der Waals surface area contributed by atoms with Gasteiger partial charge < -0.3 is 9.47 Å². The lowest BCUT2D eigenvalue weighted by atomic mass is 10.3. The molecule has 0 aromatic heterocycles. The molecule has 4 heteroatoms. The van der Waals surface area contributed by atoms with Gasteiger partial charge in [0.25, 0.3) is 0 Å². The Labute approximate surface area is 72.8 Å². The van der Waals surface area contributed by atoms with E-state index in [1.807, 2.05) is 0 Å². The Hall–Kier alpha value is -0.160. The summed E-state index contributed by atoms with van der Waals surface area (Å²) in [5.74, 6) is 0. The van der Waals surface area contributed by atoms with Crippen LogP contribution in [-0.2, 0) is 9.47 Å². The van der Waals surface area contributed by atoms with Crippen molar-refractivity contribution in [2.24, 2.45) is 0 Å². The molecule has 1 atom stereocenters. The van der Waals surface area contributed by atoms with Crippen molar-refractivity contribution >= 4 is 0 Å². The van der Waals surface area contributed by atoms with E-state index in [9.17, 15) is 0 Å². The SMILES string of the molecule is C1COCC(N2CCOCC2)N1. The van der Waals surface area contributed by atoms with Gasteiger partial charge in [-0.1, -0.05) is 0 Å². The molecule has 0 saturated carbocycles. The smallest absolute Gasteiger partial charge is 0.0840 e. The van der Waals surface area contributed by atoms with Crippen LogP contribution < -0.4 is 5.32 Å². The standard InChI is InChI=1S/C8H16N2O2/c1-4-12-7-8(9-1)10-2-5-11-6-3-10/h8-9H,1-7H2. The fraction of sp³-hybridized carbons (Fsp3) is 1.00. The van der Waals surface area contributed by atoms with E-state index >= 15 is 0 Å². The summed E-state index contributed by atoms with van der Waals surface area (Å²) in [6.07, 6.45) is 0.419. The first-order chi connectivity index (χ1) is 5.97. The minimum absolute atomic E-state index is 0.419. The predicted octanol–water partition coefficient (Wildman–Crippen LogP) is -0.735. The van der Waals surface area contributed by atoms with Crippen molar-refractivity contribution < 1.29 is 9.47 Å². The van der Waals surface area contributed by atoms with Gasteiger partial charge in [-0.25, -0.2) is 0 Å². The Kier molecular flexibility index (Phi) is 2.94. The lowest BCUT2D eigenvalue weighted by Gasteiger charge is -2.36. The summed E-state index contributed by atoms with van der Waals surface area (Å²) < 4.78 is 10.7. The minimum atomic E-state index is 0.419. The van der Waals surface area contributed by atoms with Crippen LogP contribution in [0.2, 0.25) is 0 Å². The second kappa shape index (κ2) is 4.18. The highest BCUT2D eigenvalue weighted by molar-refractivity contribution is 4.74. The van der Waals surface area contributed by atoms with Gasteiger partial charge in [-0.05, 0) is 0 Å². The van der Waals surface area contributed by atoms with Crippen LogP contribution in [0.3, 0.4) is 0 Å². The number of nitrogens with one attached hydrogen (secondary N) is 1. The van der Waals surface area contributed by atoms with Gasteiger partial charge in [0.05, 0.1) is 32.6 Å². The second-order valence-corrected chi connectivity index (χ2v) is 3.19. The summed E-state index contributed by atoms with van der Waals surface area (Å²) in [5.41, 5.74) is 0. The van der Waals surface area contributed by atoms with E-state index in [0.717, 1.165) is 46.1 Å². The first-order valence-electron chi connectivity index (χ1n) is 4.60. The number of hydrogen-bond donors (Lipinski definition) is 1. The highest BCUT2D eigenvalue weighted by Crippen LogP contribution is 2.04. The molecule has 2 aliphatic rings. The Morgan fingerprint density at radius 2 is 1.92 bits per heavy atom. The van der Waals surface area contributed by atoms with Gasteiger partial charge in [0.1, 0.15) is 0 Å². The molecule has 0 amide bonds. The number of morpholine rings is 2. The van der Waals surface area contributed by atoms with Crippen LogP contribution in [0.25, 0.3) is 0 Å². The van der Waals surface area contributed by atoms with E-state index in [4.69, 9.17) is 9.47 Å². The summed E-state index contributed by atoms with van der Waals surface area (Å²) in [5, 5.41) is 3.43. The molecule has 0 aromatic rings. The van der Waals surface area contributed by atoms with Crippen LogP contribution in [-0.4, -0.2) is 57.1 Å². The zero-order valence-corrected chi connectivity index (χ0v) is 7.29. The van der Waals surface area contributed by atoms with Gasteiger partial charge in [0, 0.05) is 19.6 Å². The summed E-state index contributed by atoms with van der Waals surface area (Å²) >= 11 is 0. The molecule has 0 aliphatic carbocycles. The molecule has 2 heterocycles. The summed E-state index contributed by atoms with van der Waals surface area (Å²) in [6, 6.07) is 0. The fourth-order valence-electron chi connectivity index (χ4n) is 1.68. The zero-order valence-electron chi connectivity index (χ0n) is 7.29. The highest BCUT2D eigenvalue weighted by atomic mass is 16.5. The molecular weight excluding hydrogens is 156 g/mol. The number of nitrogens with zero attached hydrogens (tertiary/aromatic N) is 1. The number of rotatable bonds is 1. The maximum absolute atomic E-state index is 5.39. The third-order valence-electron chi connectivity index (χ3n) is 2.39. The quantitative estimate of drug-likeness (QED) is 0.565. The van der Waals surface area contributed by atoms with Crippen molar-refractivity contribution in [1.82, 2.24) is 10.2 Å². The molecule has 1 unspecified atom stereocenters. The Morgan fingerprint density at radius 3 is 2.58 bits per heavy atom. The molecule has 12 heavy (non-hydrogen) atoms. The van der Waals surface area contributed by atoms with E-state index in [-0.39, 0.29) is 0 Å². The number of hydrogen-bond acceptors (Lipinski definition) is 4. The lowest BCUT2D eigenvalue weighted by Crippen LogP contribution is -2.55. The summed E-state index contributed by atoms with van der Waals surface area (Å²) in [6.45, 7) is 6.42. The van der Waals surface area contributed by atoms with Gasteiger partial charge in [0.15, 0.2) is 0 Å². The average molecular weight is 172 g/mol. The molecule has 0 aromatic carbocycles. The zero-order chi connectivity index (χ0) is 8.23. The molecule has 0 radical (unpaired) electrons. The van der Waals surface area contributed by atoms with Crippen molar-refractivity contribution in [3.8, 4) is 0 Å². The van der Waals surface area contributed by atoms with Gasteiger partial charge in [-0.3, -0.25) is 10.2 Å². The first-order valence-corrected chi connectivity index (χ1v) is 4.60. The van der Waals surface area contributed by atoms with E-state index in [1.54, 1.807) is 0 Å². The van der Waals surface area contributed by atoms with Crippen LogP contribution in [0.5, 0.6) is 0 Å². The van der Waals surface area contributed by atoms with Crippen molar-refractivity contribution in [2.75, 3.05) is 46.1 Å². The fourth-order valence-corrected chi connectivity index (χ4v) is 1.68. The van der Waals surface area contributed by atoms with E-state index in [0.29, 0.717) is 6.17 Å². The maximum Gasteiger partial charge on any atom is 0.0840 e. The Balaban J connectivity index is 1.80. The highest BCUT2D eigenvalue weighted by Gasteiger charge is 2.22. The van der Waals surface area contributed by atoms with Gasteiger partial charge >= 0.3 is 0 Å². The van der Waals surface area contributed by atoms with Crippen molar-refractivity contribution in [3.63, 3.8) is 0 Å². The van der Waals surface area contributed by atoms with Crippen LogP contribution >= 0.6 is 0 Å². The summed E-state index contributed by atoms with van der Waals surface area (Å²) in [7, 11) is 0. The van der Waals surface area contributed by atoms with Gasteiger partial charge in [-0.2, -0.15) is 0 Å². The maximum atomic E-state index is 5.39. The van der Waals surface area contributed by atoms with Gasteiger partial charge in [0.2, 0.25) is 0 Å². The van der Waals surface area contributed by atoms with Crippen LogP contribution in [0, 0.1) is 0 Å². The topological polar surface area (TPSA) is 33.7 Å². The minimum Gasteiger partial charge on any atom is -0.379 e. The van der Waals surface area contributed by atoms with Crippen LogP contribution in [0.4, 0.5) is 0 Å². The molecule has 2 fully saturated rings. The van der Waals surface area contributed by atoms with Crippen molar-refractivity contribution in [2.45, 2.75) is 6.17 Å². The molecule has 2 saturated heterocycles. The third-order valence-corrected chi connectivity index (χ3v) is 2.39. The average Bonchev–Trinajstić information content (AvgIpc) is 2.21. The summed E-state index contributed by atoms with van der Waals surface area (Å²) in [4.78, 5) is 2.39. The van der Waals surface area contributed by atoms with E-state index in [2.05, 4.69) is 10.2 Å². The van der Waals surface area contributed by atoms with E-state index in [1.165, 1.54) is 0 Å². The molecule has 1 N–H and O–H groups in total. The Bertz CT molecular complexity index is 115. The van der Waals surface area contributed by atoms with Crippen molar-refractivity contribution in [1.29, 1.82) is 0 Å². The first kappa shape index (κ1) is 8.44. The lowest BCUT2D eigenvalue weighted by molar-refractivity contribution is -0.0386. The van der Waals surface area contributed by atoms with Crippen LogP contribution in [0.15, 0.2) is 0 Å². The molecule has 0 bridgehead atoms. The van der Waals surface area contributed by atoms with E-state index < -0.39 is 0 Å². The molecule has 70 valence electrons. The monoisotopic (exact) mass is 172 g/mol. The van der Waals surface area contributed by atoms with Crippen LogP contribution in [0.1, 0.15) is 0 Å². The van der Waals surface area contributed by atoms with Crippen molar-refractivity contribution in [3.05, 3.63) is 0 Å².